The van der Waals surface area contributed by atoms with Crippen molar-refractivity contribution in [2.45, 2.75) is 46.0 Å². The molecule has 0 aliphatic heterocycles. The predicted molar refractivity (Wildman–Crippen MR) is 81.5 cm³/mol. The first kappa shape index (κ1) is 17.2. The molecule has 1 rings (SSSR count). The van der Waals surface area contributed by atoms with Crippen LogP contribution in [0.5, 0.6) is 5.75 Å². The predicted octanol–water partition coefficient (Wildman–Crippen LogP) is 3.28. The molecule has 0 aromatic heterocycles. The van der Waals surface area contributed by atoms with Crippen molar-refractivity contribution in [3.05, 3.63) is 29.8 Å². The molecule has 0 aliphatic carbocycles. The third-order valence-corrected chi connectivity index (χ3v) is 3.57. The zero-order chi connectivity index (χ0) is 15.9. The van der Waals surface area contributed by atoms with Gasteiger partial charge < -0.3 is 9.47 Å². The molecule has 116 valence electrons. The molecule has 0 heterocycles. The average molecular weight is 292 g/mol. The molecule has 1 aromatic rings. The van der Waals surface area contributed by atoms with Gasteiger partial charge in [0.15, 0.2) is 5.78 Å². The van der Waals surface area contributed by atoms with Crippen molar-refractivity contribution in [3.63, 3.8) is 0 Å². The first-order valence-corrected chi connectivity index (χ1v) is 7.29. The first-order valence-electron chi connectivity index (χ1n) is 7.29. The topological polar surface area (TPSA) is 52.6 Å². The minimum atomic E-state index is -0.508. The number of hydrogen-bond donors (Lipinski definition) is 0. The lowest BCUT2D eigenvalue weighted by Gasteiger charge is -2.23. The highest BCUT2D eigenvalue weighted by Crippen LogP contribution is 2.27. The highest BCUT2D eigenvalue weighted by atomic mass is 16.5. The maximum atomic E-state index is 11.5. The molecular formula is C17H24O4. The molecule has 4 heteroatoms. The summed E-state index contributed by atoms with van der Waals surface area (Å²) in [5.41, 5.74) is 1.35. The van der Waals surface area contributed by atoms with Gasteiger partial charge in [0, 0.05) is 0 Å². The summed E-state index contributed by atoms with van der Waals surface area (Å²) in [6.07, 6.45) is 0.806. The Balaban J connectivity index is 2.50. The summed E-state index contributed by atoms with van der Waals surface area (Å²) in [6, 6.07) is 7.72. The Bertz CT molecular complexity index is 474. The molecule has 0 saturated carbocycles. The largest absolute Gasteiger partial charge is 0.486 e. The number of Topliss-reactive ketones (excluding diaryl/α,β-unsaturated/α-hetero) is 1. The van der Waals surface area contributed by atoms with E-state index in [1.54, 1.807) is 6.92 Å². The number of rotatable bonds is 8. The lowest BCUT2D eigenvalue weighted by atomic mass is 9.82. The molecule has 0 amide bonds. The van der Waals surface area contributed by atoms with Gasteiger partial charge >= 0.3 is 5.97 Å². The van der Waals surface area contributed by atoms with Crippen molar-refractivity contribution in [2.24, 2.45) is 0 Å². The van der Waals surface area contributed by atoms with E-state index in [0.29, 0.717) is 5.75 Å². The number of esters is 1. The molecule has 0 bridgehead atoms. The normalized spacial score (nSPS) is 11.0. The smallest absolute Gasteiger partial charge is 0.313 e. The maximum absolute atomic E-state index is 11.5. The number of benzene rings is 1. The zero-order valence-corrected chi connectivity index (χ0v) is 13.3. The van der Waals surface area contributed by atoms with Crippen LogP contribution in [0.2, 0.25) is 0 Å². The SMILES string of the molecule is CCOC(=O)CC(=O)COc1ccc(C(C)(C)CC)cc1. The summed E-state index contributed by atoms with van der Waals surface area (Å²) in [5, 5.41) is 0. The second kappa shape index (κ2) is 7.81. The van der Waals surface area contributed by atoms with E-state index in [2.05, 4.69) is 20.8 Å². The third kappa shape index (κ3) is 5.58. The van der Waals surface area contributed by atoms with E-state index in [-0.39, 0.29) is 30.8 Å². The van der Waals surface area contributed by atoms with Gasteiger partial charge in [-0.1, -0.05) is 32.9 Å². The minimum Gasteiger partial charge on any atom is -0.486 e. The Hall–Kier alpha value is -1.84. The van der Waals surface area contributed by atoms with Crippen molar-refractivity contribution in [2.75, 3.05) is 13.2 Å². The van der Waals surface area contributed by atoms with Crippen molar-refractivity contribution >= 4 is 11.8 Å². The third-order valence-electron chi connectivity index (χ3n) is 3.57. The van der Waals surface area contributed by atoms with Crippen molar-refractivity contribution in [3.8, 4) is 5.75 Å². The van der Waals surface area contributed by atoms with Gasteiger partial charge in [0.1, 0.15) is 18.8 Å². The number of hydrogen-bond acceptors (Lipinski definition) is 4. The highest BCUT2D eigenvalue weighted by molar-refractivity contribution is 5.96. The van der Waals surface area contributed by atoms with E-state index in [1.807, 2.05) is 24.3 Å². The molecule has 0 aliphatic rings. The van der Waals surface area contributed by atoms with Crippen LogP contribution in [0.3, 0.4) is 0 Å². The molecule has 0 N–H and O–H groups in total. The van der Waals surface area contributed by atoms with Gasteiger partial charge in [-0.05, 0) is 36.5 Å². The second-order valence-corrected chi connectivity index (χ2v) is 5.57. The summed E-state index contributed by atoms with van der Waals surface area (Å²) in [5.74, 6) is -0.166. The van der Waals surface area contributed by atoms with Crippen LogP contribution in [-0.4, -0.2) is 25.0 Å². The van der Waals surface area contributed by atoms with Gasteiger partial charge in [0.05, 0.1) is 6.61 Å². The molecule has 0 fully saturated rings. The lowest BCUT2D eigenvalue weighted by Crippen LogP contribution is -2.18. The first-order chi connectivity index (χ1) is 9.89. The van der Waals surface area contributed by atoms with Crippen LogP contribution in [0.1, 0.15) is 46.1 Å². The van der Waals surface area contributed by atoms with Crippen LogP contribution in [-0.2, 0) is 19.7 Å². The fourth-order valence-electron chi connectivity index (χ4n) is 1.79. The van der Waals surface area contributed by atoms with Gasteiger partial charge in [-0.3, -0.25) is 9.59 Å². The van der Waals surface area contributed by atoms with E-state index in [4.69, 9.17) is 9.47 Å². The van der Waals surface area contributed by atoms with Crippen LogP contribution < -0.4 is 4.74 Å². The molecule has 21 heavy (non-hydrogen) atoms. The van der Waals surface area contributed by atoms with Gasteiger partial charge in [-0.15, -0.1) is 0 Å². The van der Waals surface area contributed by atoms with Crippen molar-refractivity contribution in [1.29, 1.82) is 0 Å². The maximum Gasteiger partial charge on any atom is 0.313 e. The van der Waals surface area contributed by atoms with E-state index >= 15 is 0 Å². The summed E-state index contributed by atoms with van der Waals surface area (Å²) in [4.78, 5) is 22.7. The fraction of sp³-hybridized carbons (Fsp3) is 0.529. The zero-order valence-electron chi connectivity index (χ0n) is 13.3. The van der Waals surface area contributed by atoms with E-state index in [9.17, 15) is 9.59 Å². The van der Waals surface area contributed by atoms with Gasteiger partial charge in [-0.25, -0.2) is 0 Å². The van der Waals surface area contributed by atoms with Gasteiger partial charge in [-0.2, -0.15) is 0 Å². The lowest BCUT2D eigenvalue weighted by molar-refractivity contribution is -0.145. The van der Waals surface area contributed by atoms with Crippen LogP contribution in [0.15, 0.2) is 24.3 Å². The van der Waals surface area contributed by atoms with E-state index < -0.39 is 5.97 Å². The van der Waals surface area contributed by atoms with Gasteiger partial charge in [0.2, 0.25) is 0 Å². The molecular weight excluding hydrogens is 268 g/mol. The minimum absolute atomic E-state index is 0.116. The average Bonchev–Trinajstić information content (AvgIpc) is 2.45. The Kier molecular flexibility index (Phi) is 6.40. The summed E-state index contributed by atoms with van der Waals surface area (Å²) in [7, 11) is 0. The molecule has 1 aromatic carbocycles. The molecule has 4 nitrogen and oxygen atoms in total. The van der Waals surface area contributed by atoms with Crippen LogP contribution in [0.25, 0.3) is 0 Å². The number of carbonyl (C=O) groups is 2. The standard InChI is InChI=1S/C17H24O4/c1-5-17(3,4)13-7-9-15(10-8-13)21-12-14(18)11-16(19)20-6-2/h7-10H,5-6,11-12H2,1-4H3. The molecule has 0 unspecified atom stereocenters. The van der Waals surface area contributed by atoms with Crippen LogP contribution in [0, 0.1) is 0 Å². The molecule has 0 spiro atoms. The molecule has 0 radical (unpaired) electrons. The Morgan fingerprint density at radius 1 is 1.10 bits per heavy atom. The quantitative estimate of drug-likeness (QED) is 0.545. The monoisotopic (exact) mass is 292 g/mol. The summed E-state index contributed by atoms with van der Waals surface area (Å²) >= 11 is 0. The van der Waals surface area contributed by atoms with E-state index in [0.717, 1.165) is 6.42 Å². The van der Waals surface area contributed by atoms with Crippen molar-refractivity contribution < 1.29 is 19.1 Å². The Labute approximate surface area is 126 Å². The molecule has 0 atom stereocenters. The number of ketones is 1. The second-order valence-electron chi connectivity index (χ2n) is 5.57. The number of ether oxygens (including phenoxy) is 2. The highest BCUT2D eigenvalue weighted by Gasteiger charge is 2.17. The Morgan fingerprint density at radius 2 is 1.71 bits per heavy atom. The number of carbonyl (C=O) groups excluding carboxylic acids is 2. The molecule has 0 saturated heterocycles. The van der Waals surface area contributed by atoms with Crippen LogP contribution in [0.4, 0.5) is 0 Å². The fourth-order valence-corrected chi connectivity index (χ4v) is 1.79. The summed E-state index contributed by atoms with van der Waals surface area (Å²) in [6.45, 7) is 8.39. The van der Waals surface area contributed by atoms with Gasteiger partial charge in [0.25, 0.3) is 0 Å². The summed E-state index contributed by atoms with van der Waals surface area (Å²) < 4.78 is 10.1. The van der Waals surface area contributed by atoms with E-state index in [1.165, 1.54) is 5.56 Å². The van der Waals surface area contributed by atoms with Crippen molar-refractivity contribution in [1.82, 2.24) is 0 Å². The Morgan fingerprint density at radius 3 is 2.24 bits per heavy atom. The van der Waals surface area contributed by atoms with Crippen LogP contribution >= 0.6 is 0 Å².